The zero-order valence-corrected chi connectivity index (χ0v) is 12.1. The fourth-order valence-electron chi connectivity index (χ4n) is 2.58. The predicted octanol–water partition coefficient (Wildman–Crippen LogP) is 2.20. The minimum atomic E-state index is 0.372. The highest BCUT2D eigenvalue weighted by Crippen LogP contribution is 2.23. The maximum atomic E-state index is 8.97. The number of nitrogens with zero attached hydrogens (tertiary/aromatic N) is 2. The van der Waals surface area contributed by atoms with E-state index in [1.165, 1.54) is 5.69 Å². The van der Waals surface area contributed by atoms with E-state index in [4.69, 9.17) is 15.7 Å². The van der Waals surface area contributed by atoms with Crippen LogP contribution in [0.1, 0.15) is 30.4 Å². The van der Waals surface area contributed by atoms with Gasteiger partial charge in [0.15, 0.2) is 0 Å². The number of hydrogen-bond donors (Lipinski definition) is 1. The summed E-state index contributed by atoms with van der Waals surface area (Å²) in [6.07, 6.45) is 3.43. The standard InChI is InChI=1S/C16H23N3O/c1-13-11-15(4-3-14(13)12-18)19-8-5-16(6-9-19)20-10-2-7-17/h3-4,11,16H,2,5-10,17H2,1H3. The number of aryl methyl sites for hydroxylation is 1. The zero-order chi connectivity index (χ0) is 14.4. The van der Waals surface area contributed by atoms with Crippen molar-refractivity contribution in [3.63, 3.8) is 0 Å². The van der Waals surface area contributed by atoms with E-state index in [0.717, 1.165) is 50.1 Å². The Labute approximate surface area is 121 Å². The van der Waals surface area contributed by atoms with Gasteiger partial charge < -0.3 is 15.4 Å². The minimum absolute atomic E-state index is 0.372. The Morgan fingerprint density at radius 1 is 1.40 bits per heavy atom. The molecule has 0 saturated carbocycles. The van der Waals surface area contributed by atoms with Gasteiger partial charge in [-0.3, -0.25) is 0 Å². The molecule has 1 aromatic carbocycles. The Kier molecular flexibility index (Phi) is 5.40. The molecule has 0 amide bonds. The molecule has 1 aromatic rings. The Morgan fingerprint density at radius 3 is 2.75 bits per heavy atom. The van der Waals surface area contributed by atoms with Crippen LogP contribution in [-0.4, -0.2) is 32.3 Å². The molecule has 2 rings (SSSR count). The van der Waals surface area contributed by atoms with Crippen molar-refractivity contribution in [3.05, 3.63) is 29.3 Å². The van der Waals surface area contributed by atoms with Gasteiger partial charge in [-0.2, -0.15) is 5.26 Å². The van der Waals surface area contributed by atoms with Gasteiger partial charge in [0.25, 0.3) is 0 Å². The molecule has 2 N–H and O–H groups in total. The zero-order valence-electron chi connectivity index (χ0n) is 12.1. The summed E-state index contributed by atoms with van der Waals surface area (Å²) in [5.41, 5.74) is 8.48. The molecule has 1 aliphatic heterocycles. The Balaban J connectivity index is 1.87. The lowest BCUT2D eigenvalue weighted by Crippen LogP contribution is -2.37. The van der Waals surface area contributed by atoms with Crippen molar-refractivity contribution in [2.75, 3.05) is 31.1 Å². The molecule has 4 heteroatoms. The SMILES string of the molecule is Cc1cc(N2CCC(OCCCN)CC2)ccc1C#N. The second kappa shape index (κ2) is 7.28. The second-order valence-corrected chi connectivity index (χ2v) is 5.31. The molecular formula is C16H23N3O. The maximum Gasteiger partial charge on any atom is 0.0994 e. The van der Waals surface area contributed by atoms with E-state index in [2.05, 4.69) is 17.0 Å². The third-order valence-corrected chi connectivity index (χ3v) is 3.84. The van der Waals surface area contributed by atoms with Crippen molar-refractivity contribution in [3.8, 4) is 6.07 Å². The number of piperidine rings is 1. The van der Waals surface area contributed by atoms with Crippen LogP contribution < -0.4 is 10.6 Å². The van der Waals surface area contributed by atoms with Gasteiger partial charge in [-0.15, -0.1) is 0 Å². The Morgan fingerprint density at radius 2 is 2.15 bits per heavy atom. The van der Waals surface area contributed by atoms with E-state index in [-0.39, 0.29) is 0 Å². The molecule has 1 saturated heterocycles. The highest BCUT2D eigenvalue weighted by molar-refractivity contribution is 5.53. The average molecular weight is 273 g/mol. The minimum Gasteiger partial charge on any atom is -0.378 e. The molecule has 1 fully saturated rings. The first-order valence-corrected chi connectivity index (χ1v) is 7.32. The number of rotatable bonds is 5. The number of nitrogens with two attached hydrogens (primary N) is 1. The summed E-state index contributed by atoms with van der Waals surface area (Å²) < 4.78 is 5.82. The molecule has 0 bridgehead atoms. The first-order valence-electron chi connectivity index (χ1n) is 7.32. The van der Waals surface area contributed by atoms with Gasteiger partial charge in [-0.05, 0) is 56.5 Å². The number of nitriles is 1. The molecule has 4 nitrogen and oxygen atoms in total. The fraction of sp³-hybridized carbons (Fsp3) is 0.562. The Hall–Kier alpha value is -1.57. The van der Waals surface area contributed by atoms with Gasteiger partial charge >= 0.3 is 0 Å². The molecule has 0 aliphatic carbocycles. The van der Waals surface area contributed by atoms with Crippen LogP contribution in [0, 0.1) is 18.3 Å². The maximum absolute atomic E-state index is 8.97. The highest BCUT2D eigenvalue weighted by atomic mass is 16.5. The normalized spacial score (nSPS) is 16.1. The van der Waals surface area contributed by atoms with E-state index in [1.54, 1.807) is 0 Å². The van der Waals surface area contributed by atoms with Crippen LogP contribution in [0.25, 0.3) is 0 Å². The molecule has 0 aromatic heterocycles. The lowest BCUT2D eigenvalue weighted by atomic mass is 10.0. The summed E-state index contributed by atoms with van der Waals surface area (Å²) >= 11 is 0. The lowest BCUT2D eigenvalue weighted by molar-refractivity contribution is 0.0366. The van der Waals surface area contributed by atoms with Crippen LogP contribution >= 0.6 is 0 Å². The quantitative estimate of drug-likeness (QED) is 0.835. The van der Waals surface area contributed by atoms with Crippen molar-refractivity contribution in [2.45, 2.75) is 32.3 Å². The van der Waals surface area contributed by atoms with E-state index >= 15 is 0 Å². The molecule has 0 unspecified atom stereocenters. The van der Waals surface area contributed by atoms with Crippen molar-refractivity contribution in [1.82, 2.24) is 0 Å². The van der Waals surface area contributed by atoms with Crippen molar-refractivity contribution < 1.29 is 4.74 Å². The third-order valence-electron chi connectivity index (χ3n) is 3.84. The topological polar surface area (TPSA) is 62.3 Å². The van der Waals surface area contributed by atoms with E-state index in [1.807, 2.05) is 19.1 Å². The predicted molar refractivity (Wildman–Crippen MR) is 80.8 cm³/mol. The van der Waals surface area contributed by atoms with Gasteiger partial charge in [0, 0.05) is 25.4 Å². The van der Waals surface area contributed by atoms with E-state index in [9.17, 15) is 0 Å². The monoisotopic (exact) mass is 273 g/mol. The number of hydrogen-bond acceptors (Lipinski definition) is 4. The van der Waals surface area contributed by atoms with Gasteiger partial charge in [0.1, 0.15) is 0 Å². The summed E-state index contributed by atoms with van der Waals surface area (Å²) in [5.74, 6) is 0. The average Bonchev–Trinajstić information content (AvgIpc) is 2.48. The van der Waals surface area contributed by atoms with Crippen LogP contribution in [0.4, 0.5) is 5.69 Å². The summed E-state index contributed by atoms with van der Waals surface area (Å²) in [7, 11) is 0. The summed E-state index contributed by atoms with van der Waals surface area (Å²) in [5, 5.41) is 8.97. The molecular weight excluding hydrogens is 250 g/mol. The number of anilines is 1. The second-order valence-electron chi connectivity index (χ2n) is 5.31. The van der Waals surface area contributed by atoms with Crippen molar-refractivity contribution >= 4 is 5.69 Å². The van der Waals surface area contributed by atoms with E-state index in [0.29, 0.717) is 12.6 Å². The molecule has 108 valence electrons. The Bertz CT molecular complexity index is 473. The summed E-state index contributed by atoms with van der Waals surface area (Å²) in [4.78, 5) is 2.37. The van der Waals surface area contributed by atoms with Crippen LogP contribution in [0.3, 0.4) is 0 Å². The van der Waals surface area contributed by atoms with Gasteiger partial charge in [0.05, 0.1) is 17.7 Å². The summed E-state index contributed by atoms with van der Waals surface area (Å²) in [6.45, 7) is 5.49. The smallest absolute Gasteiger partial charge is 0.0994 e. The molecule has 0 atom stereocenters. The van der Waals surface area contributed by atoms with Gasteiger partial charge in [0.2, 0.25) is 0 Å². The molecule has 1 aliphatic rings. The highest BCUT2D eigenvalue weighted by Gasteiger charge is 2.20. The van der Waals surface area contributed by atoms with Crippen LogP contribution in [-0.2, 0) is 4.74 Å². The third kappa shape index (κ3) is 3.72. The lowest BCUT2D eigenvalue weighted by Gasteiger charge is -2.33. The number of benzene rings is 1. The van der Waals surface area contributed by atoms with Crippen molar-refractivity contribution in [1.29, 1.82) is 5.26 Å². The summed E-state index contributed by atoms with van der Waals surface area (Å²) in [6, 6.07) is 8.27. The fourth-order valence-corrected chi connectivity index (χ4v) is 2.58. The first-order chi connectivity index (χ1) is 9.74. The molecule has 20 heavy (non-hydrogen) atoms. The van der Waals surface area contributed by atoms with Crippen molar-refractivity contribution in [2.24, 2.45) is 5.73 Å². The van der Waals surface area contributed by atoms with Gasteiger partial charge in [-0.1, -0.05) is 0 Å². The van der Waals surface area contributed by atoms with Gasteiger partial charge in [-0.25, -0.2) is 0 Å². The number of ether oxygens (including phenoxy) is 1. The van der Waals surface area contributed by atoms with Crippen LogP contribution in [0.5, 0.6) is 0 Å². The molecule has 0 radical (unpaired) electrons. The largest absolute Gasteiger partial charge is 0.378 e. The molecule has 0 spiro atoms. The first kappa shape index (κ1) is 14.8. The van der Waals surface area contributed by atoms with Crippen LogP contribution in [0.2, 0.25) is 0 Å². The van der Waals surface area contributed by atoms with E-state index < -0.39 is 0 Å². The molecule has 1 heterocycles. The van der Waals surface area contributed by atoms with Crippen LogP contribution in [0.15, 0.2) is 18.2 Å².